The molecular weight excluding hydrogens is 384 g/mol. The summed E-state index contributed by atoms with van der Waals surface area (Å²) in [5, 5.41) is 0. The van der Waals surface area contributed by atoms with Crippen LogP contribution in [0.2, 0.25) is 0 Å². The van der Waals surface area contributed by atoms with E-state index in [-0.39, 0.29) is 17.4 Å². The molecule has 0 aliphatic heterocycles. The highest BCUT2D eigenvalue weighted by Crippen LogP contribution is 2.28. The Balaban J connectivity index is 1.70. The van der Waals surface area contributed by atoms with Crippen LogP contribution in [0.5, 0.6) is 0 Å². The summed E-state index contributed by atoms with van der Waals surface area (Å²) in [5.41, 5.74) is 3.42. The standard InChI is InChI=1S/C23H28N2O3S/c1-3-22(23-10-7-15-25(23)16-17-28-2)20-13-11-19(12-14-20)18-24-29(26,27)21-8-5-4-6-9-21/h4-15,22,24H,3,16-18H2,1-2H3. The van der Waals surface area contributed by atoms with E-state index in [9.17, 15) is 8.42 Å². The van der Waals surface area contributed by atoms with Gasteiger partial charge in [0, 0.05) is 38.0 Å². The van der Waals surface area contributed by atoms with Crippen molar-refractivity contribution in [3.8, 4) is 0 Å². The molecule has 154 valence electrons. The van der Waals surface area contributed by atoms with E-state index in [1.807, 2.05) is 12.1 Å². The first-order valence-electron chi connectivity index (χ1n) is 9.82. The number of hydrogen-bond acceptors (Lipinski definition) is 3. The molecular formula is C23H28N2O3S. The van der Waals surface area contributed by atoms with Crippen molar-refractivity contribution in [1.82, 2.24) is 9.29 Å². The van der Waals surface area contributed by atoms with E-state index in [0.717, 1.165) is 18.5 Å². The fourth-order valence-electron chi connectivity index (χ4n) is 3.48. The van der Waals surface area contributed by atoms with Gasteiger partial charge in [-0.2, -0.15) is 0 Å². The third-order valence-electron chi connectivity index (χ3n) is 5.07. The van der Waals surface area contributed by atoms with Crippen LogP contribution < -0.4 is 4.72 Å². The van der Waals surface area contributed by atoms with Crippen LogP contribution in [-0.2, 0) is 27.8 Å². The molecule has 3 rings (SSSR count). The molecule has 29 heavy (non-hydrogen) atoms. The summed E-state index contributed by atoms with van der Waals surface area (Å²) in [6, 6.07) is 20.8. The van der Waals surface area contributed by atoms with Crippen LogP contribution in [-0.4, -0.2) is 26.7 Å². The molecule has 1 unspecified atom stereocenters. The molecule has 1 N–H and O–H groups in total. The summed E-state index contributed by atoms with van der Waals surface area (Å²) in [7, 11) is -1.79. The SMILES string of the molecule is CCC(c1ccc(CNS(=O)(=O)c2ccccc2)cc1)c1cccn1CCOC. The van der Waals surface area contributed by atoms with Crippen LogP contribution in [0, 0.1) is 0 Å². The van der Waals surface area contributed by atoms with Crippen LogP contribution in [0.25, 0.3) is 0 Å². The Hall–Kier alpha value is -2.41. The van der Waals surface area contributed by atoms with Crippen molar-refractivity contribution in [2.45, 2.75) is 37.2 Å². The van der Waals surface area contributed by atoms with Gasteiger partial charge in [-0.05, 0) is 41.8 Å². The summed E-state index contributed by atoms with van der Waals surface area (Å²) >= 11 is 0. The van der Waals surface area contributed by atoms with Gasteiger partial charge in [0.1, 0.15) is 0 Å². The maximum Gasteiger partial charge on any atom is 0.240 e. The van der Waals surface area contributed by atoms with Crippen LogP contribution in [0.3, 0.4) is 0 Å². The summed E-state index contributed by atoms with van der Waals surface area (Å²) in [6.45, 7) is 3.95. The fraction of sp³-hybridized carbons (Fsp3) is 0.304. The number of methoxy groups -OCH3 is 1. The van der Waals surface area contributed by atoms with Crippen LogP contribution in [0.15, 0.2) is 77.8 Å². The quantitative estimate of drug-likeness (QED) is 0.544. The number of hydrogen-bond donors (Lipinski definition) is 1. The third-order valence-corrected chi connectivity index (χ3v) is 6.49. The molecule has 0 fully saturated rings. The second-order valence-corrected chi connectivity index (χ2v) is 8.73. The van der Waals surface area contributed by atoms with Crippen molar-refractivity contribution in [1.29, 1.82) is 0 Å². The molecule has 5 nitrogen and oxygen atoms in total. The molecule has 3 aromatic rings. The number of aromatic nitrogens is 1. The molecule has 1 aromatic heterocycles. The lowest BCUT2D eigenvalue weighted by molar-refractivity contribution is 0.186. The topological polar surface area (TPSA) is 60.3 Å². The van der Waals surface area contributed by atoms with E-state index in [4.69, 9.17) is 4.74 Å². The number of nitrogens with zero attached hydrogens (tertiary/aromatic N) is 1. The Morgan fingerprint density at radius 1 is 1.00 bits per heavy atom. The summed E-state index contributed by atoms with van der Waals surface area (Å²) in [4.78, 5) is 0.277. The highest BCUT2D eigenvalue weighted by atomic mass is 32.2. The average molecular weight is 413 g/mol. The van der Waals surface area contributed by atoms with E-state index >= 15 is 0 Å². The molecule has 0 aliphatic carbocycles. The van der Waals surface area contributed by atoms with Crippen LogP contribution in [0.1, 0.15) is 36.1 Å². The van der Waals surface area contributed by atoms with E-state index in [2.05, 4.69) is 46.7 Å². The first-order valence-corrected chi connectivity index (χ1v) is 11.3. The monoisotopic (exact) mass is 412 g/mol. The van der Waals surface area contributed by atoms with E-state index in [1.54, 1.807) is 37.4 Å². The zero-order valence-corrected chi connectivity index (χ0v) is 17.7. The van der Waals surface area contributed by atoms with Crippen molar-refractivity contribution in [2.24, 2.45) is 0 Å². The maximum absolute atomic E-state index is 12.4. The molecule has 0 amide bonds. The smallest absolute Gasteiger partial charge is 0.240 e. The van der Waals surface area contributed by atoms with Crippen molar-refractivity contribution in [3.63, 3.8) is 0 Å². The number of rotatable bonds is 10. The predicted octanol–water partition coefficient (Wildman–Crippen LogP) is 4.15. The summed E-state index contributed by atoms with van der Waals surface area (Å²) in [6.07, 6.45) is 3.07. The Morgan fingerprint density at radius 2 is 1.72 bits per heavy atom. The second kappa shape index (κ2) is 9.87. The highest BCUT2D eigenvalue weighted by Gasteiger charge is 2.16. The lowest BCUT2D eigenvalue weighted by Crippen LogP contribution is -2.23. The van der Waals surface area contributed by atoms with Crippen molar-refractivity contribution in [3.05, 3.63) is 89.7 Å². The van der Waals surface area contributed by atoms with Crippen molar-refractivity contribution in [2.75, 3.05) is 13.7 Å². The van der Waals surface area contributed by atoms with Gasteiger partial charge in [0.2, 0.25) is 10.0 Å². The fourth-order valence-corrected chi connectivity index (χ4v) is 4.52. The number of ether oxygens (including phenoxy) is 1. The Labute approximate surface area is 173 Å². The van der Waals surface area contributed by atoms with Gasteiger partial charge in [0.15, 0.2) is 0 Å². The molecule has 0 saturated heterocycles. The first-order chi connectivity index (χ1) is 14.0. The van der Waals surface area contributed by atoms with E-state index < -0.39 is 10.0 Å². The van der Waals surface area contributed by atoms with Crippen LogP contribution in [0.4, 0.5) is 0 Å². The minimum Gasteiger partial charge on any atom is -0.383 e. The largest absolute Gasteiger partial charge is 0.383 e. The molecule has 0 radical (unpaired) electrons. The first kappa shape index (κ1) is 21.3. The molecule has 1 heterocycles. The number of nitrogens with one attached hydrogen (secondary N) is 1. The number of sulfonamides is 1. The lowest BCUT2D eigenvalue weighted by Gasteiger charge is -2.19. The van der Waals surface area contributed by atoms with E-state index in [0.29, 0.717) is 6.61 Å². The predicted molar refractivity (Wildman–Crippen MR) is 115 cm³/mol. The summed E-state index contributed by atoms with van der Waals surface area (Å²) in [5.74, 6) is 0.289. The van der Waals surface area contributed by atoms with E-state index in [1.165, 1.54) is 11.3 Å². The summed E-state index contributed by atoms with van der Waals surface area (Å²) < 4.78 is 34.9. The van der Waals surface area contributed by atoms with Gasteiger partial charge in [-0.15, -0.1) is 0 Å². The van der Waals surface area contributed by atoms with Gasteiger partial charge in [0.25, 0.3) is 0 Å². The minimum absolute atomic E-state index is 0.262. The second-order valence-electron chi connectivity index (χ2n) is 6.96. The zero-order valence-electron chi connectivity index (χ0n) is 16.9. The minimum atomic E-state index is -3.50. The van der Waals surface area contributed by atoms with Crippen molar-refractivity contribution >= 4 is 10.0 Å². The Morgan fingerprint density at radius 3 is 2.38 bits per heavy atom. The molecule has 0 aliphatic rings. The Bertz CT molecular complexity index is 996. The number of benzene rings is 2. The van der Waals surface area contributed by atoms with Gasteiger partial charge in [-0.25, -0.2) is 13.1 Å². The van der Waals surface area contributed by atoms with Gasteiger partial charge >= 0.3 is 0 Å². The van der Waals surface area contributed by atoms with Gasteiger partial charge in [-0.3, -0.25) is 0 Å². The molecule has 0 saturated carbocycles. The highest BCUT2D eigenvalue weighted by molar-refractivity contribution is 7.89. The Kier molecular flexibility index (Phi) is 7.25. The molecule has 0 bridgehead atoms. The third kappa shape index (κ3) is 5.35. The maximum atomic E-state index is 12.4. The zero-order chi connectivity index (χ0) is 20.7. The van der Waals surface area contributed by atoms with Crippen molar-refractivity contribution < 1.29 is 13.2 Å². The van der Waals surface area contributed by atoms with Crippen LogP contribution >= 0.6 is 0 Å². The molecule has 6 heteroatoms. The van der Waals surface area contributed by atoms with Gasteiger partial charge in [0.05, 0.1) is 11.5 Å². The molecule has 2 aromatic carbocycles. The average Bonchev–Trinajstić information content (AvgIpc) is 3.21. The lowest BCUT2D eigenvalue weighted by atomic mass is 9.92. The van der Waals surface area contributed by atoms with Gasteiger partial charge in [-0.1, -0.05) is 49.4 Å². The normalized spacial score (nSPS) is 12.8. The molecule has 1 atom stereocenters. The molecule has 0 spiro atoms. The van der Waals surface area contributed by atoms with Gasteiger partial charge < -0.3 is 9.30 Å².